The Balaban J connectivity index is 1.05. The maximum atomic E-state index is 2.46. The van der Waals surface area contributed by atoms with Gasteiger partial charge in [-0.1, -0.05) is 176 Å². The Labute approximate surface area is 372 Å². The van der Waals surface area contributed by atoms with E-state index in [-0.39, 0.29) is 0 Å². The Kier molecular flexibility index (Phi) is 8.13. The van der Waals surface area contributed by atoms with Gasteiger partial charge in [0.25, 0.3) is 0 Å². The van der Waals surface area contributed by atoms with E-state index < -0.39 is 5.41 Å². The maximum absolute atomic E-state index is 2.46. The zero-order chi connectivity index (χ0) is 42.2. The summed E-state index contributed by atoms with van der Waals surface area (Å²) in [6, 6.07) is 91.2. The molecule has 13 rings (SSSR count). The first-order chi connectivity index (χ1) is 31.8. The third-order valence-corrected chi connectivity index (χ3v) is 13.6. The summed E-state index contributed by atoms with van der Waals surface area (Å²) >= 11 is 0. The van der Waals surface area contributed by atoms with Gasteiger partial charge in [0.05, 0.1) is 33.2 Å². The third kappa shape index (κ3) is 5.22. The van der Waals surface area contributed by atoms with Gasteiger partial charge >= 0.3 is 0 Å². The monoisotopic (exact) mass is 815 g/mol. The van der Waals surface area contributed by atoms with Crippen LogP contribution in [0.5, 0.6) is 0 Å². The number of hydrogen-bond donors (Lipinski definition) is 0. The molecular formula is C61H41N3. The molecule has 0 saturated heterocycles. The Morgan fingerprint density at radius 2 is 0.812 bits per heavy atom. The van der Waals surface area contributed by atoms with Gasteiger partial charge in [-0.15, -0.1) is 0 Å². The Morgan fingerprint density at radius 3 is 1.47 bits per heavy atom. The van der Waals surface area contributed by atoms with E-state index in [1.54, 1.807) is 0 Å². The van der Waals surface area contributed by atoms with Crippen LogP contribution in [0.4, 0.5) is 17.1 Å². The first kappa shape index (κ1) is 36.3. The van der Waals surface area contributed by atoms with E-state index >= 15 is 0 Å². The molecule has 2 aromatic heterocycles. The van der Waals surface area contributed by atoms with Crippen LogP contribution in [0.15, 0.2) is 249 Å². The molecule has 0 saturated carbocycles. The van der Waals surface area contributed by atoms with Crippen LogP contribution in [-0.2, 0) is 5.41 Å². The van der Waals surface area contributed by atoms with Crippen molar-refractivity contribution >= 4 is 60.7 Å². The lowest BCUT2D eigenvalue weighted by Gasteiger charge is -2.34. The molecule has 0 radical (unpaired) electrons. The first-order valence-corrected chi connectivity index (χ1v) is 22.1. The Hall–Kier alpha value is -8.40. The molecule has 3 heteroatoms. The minimum absolute atomic E-state index is 0.474. The number of benzene rings is 10. The van der Waals surface area contributed by atoms with Crippen LogP contribution in [0.1, 0.15) is 22.3 Å². The molecular weight excluding hydrogens is 775 g/mol. The second-order valence-electron chi connectivity index (χ2n) is 16.8. The molecule has 300 valence electrons. The number of fused-ring (bicyclic) bond motifs is 9. The molecule has 0 aliphatic heterocycles. The summed E-state index contributed by atoms with van der Waals surface area (Å²) in [5, 5.41) is 4.91. The van der Waals surface area contributed by atoms with E-state index in [1.165, 1.54) is 66.0 Å². The van der Waals surface area contributed by atoms with Gasteiger partial charge in [-0.2, -0.15) is 0 Å². The van der Waals surface area contributed by atoms with Crippen molar-refractivity contribution in [1.29, 1.82) is 0 Å². The standard InChI is InChI=1S/C61H41N3/c1-4-19-42(20-5-1)61(54-30-14-10-25-48(54)49-26-11-15-31-55(49)61)43-35-37-46(38-36-43)62(44-21-6-2-7-22-44)59-34-18-29-52-53-41-47(39-40-58(53)64(60(52)59)45-23-8-3-9-24-45)63-56-32-16-12-27-50(56)51-28-13-17-33-57(51)63/h1-41H. The normalized spacial score (nSPS) is 12.8. The average molecular weight is 816 g/mol. The van der Waals surface area contributed by atoms with Crippen molar-refractivity contribution < 1.29 is 0 Å². The van der Waals surface area contributed by atoms with E-state index in [1.807, 2.05) is 0 Å². The van der Waals surface area contributed by atoms with Crippen LogP contribution >= 0.6 is 0 Å². The minimum Gasteiger partial charge on any atom is -0.309 e. The average Bonchev–Trinajstić information content (AvgIpc) is 4.00. The fraction of sp³-hybridized carbons (Fsp3) is 0.0164. The van der Waals surface area contributed by atoms with Crippen LogP contribution < -0.4 is 4.90 Å². The summed E-state index contributed by atoms with van der Waals surface area (Å²) in [6.45, 7) is 0. The van der Waals surface area contributed by atoms with E-state index in [4.69, 9.17) is 0 Å². The smallest absolute Gasteiger partial charge is 0.0782 e. The highest BCUT2D eigenvalue weighted by Crippen LogP contribution is 2.56. The van der Waals surface area contributed by atoms with E-state index in [9.17, 15) is 0 Å². The Bertz CT molecular complexity index is 3610. The fourth-order valence-corrected chi connectivity index (χ4v) is 11.0. The summed E-state index contributed by atoms with van der Waals surface area (Å²) < 4.78 is 4.87. The van der Waals surface area contributed by atoms with Gasteiger partial charge in [0, 0.05) is 44.3 Å². The predicted octanol–water partition coefficient (Wildman–Crippen LogP) is 15.7. The molecule has 2 heterocycles. The summed E-state index contributed by atoms with van der Waals surface area (Å²) in [7, 11) is 0. The highest BCUT2D eigenvalue weighted by molar-refractivity contribution is 6.16. The maximum Gasteiger partial charge on any atom is 0.0782 e. The van der Waals surface area contributed by atoms with Crippen molar-refractivity contribution in [2.24, 2.45) is 0 Å². The second kappa shape index (κ2) is 14.3. The van der Waals surface area contributed by atoms with Gasteiger partial charge in [-0.05, 0) is 106 Å². The molecule has 3 nitrogen and oxygen atoms in total. The molecule has 0 spiro atoms. The lowest BCUT2D eigenvalue weighted by Crippen LogP contribution is -2.28. The van der Waals surface area contributed by atoms with Gasteiger partial charge in [0.1, 0.15) is 0 Å². The van der Waals surface area contributed by atoms with E-state index in [0.717, 1.165) is 39.5 Å². The molecule has 1 aliphatic carbocycles. The number of rotatable bonds is 7. The van der Waals surface area contributed by atoms with E-state index in [0.29, 0.717) is 0 Å². The van der Waals surface area contributed by atoms with Gasteiger partial charge in [0.2, 0.25) is 0 Å². The SMILES string of the molecule is c1ccc(N(c2ccc(C3(c4ccccc4)c4ccccc4-c4ccccc43)cc2)c2cccc3c4cc(-n5c6ccccc6c6ccccc65)ccc4n(-c4ccccc4)c23)cc1. The lowest BCUT2D eigenvalue weighted by atomic mass is 9.68. The van der Waals surface area contributed by atoms with Crippen molar-refractivity contribution in [1.82, 2.24) is 9.13 Å². The molecule has 1 aliphatic rings. The van der Waals surface area contributed by atoms with Crippen molar-refractivity contribution in [3.63, 3.8) is 0 Å². The molecule has 0 amide bonds. The van der Waals surface area contributed by atoms with Gasteiger partial charge in [-0.3, -0.25) is 0 Å². The first-order valence-electron chi connectivity index (χ1n) is 22.1. The van der Waals surface area contributed by atoms with Crippen molar-refractivity contribution in [3.05, 3.63) is 271 Å². The second-order valence-corrected chi connectivity index (χ2v) is 16.8. The van der Waals surface area contributed by atoms with E-state index in [2.05, 4.69) is 263 Å². The van der Waals surface area contributed by atoms with Gasteiger partial charge in [0.15, 0.2) is 0 Å². The lowest BCUT2D eigenvalue weighted by molar-refractivity contribution is 0.768. The fourth-order valence-electron chi connectivity index (χ4n) is 11.0. The summed E-state index contributed by atoms with van der Waals surface area (Å²) in [4.78, 5) is 2.43. The summed E-state index contributed by atoms with van der Waals surface area (Å²) in [5.41, 5.74) is 17.5. The number of nitrogens with zero attached hydrogens (tertiary/aromatic N) is 3. The van der Waals surface area contributed by atoms with Crippen LogP contribution in [0.25, 0.3) is 66.1 Å². The molecule has 0 unspecified atom stereocenters. The van der Waals surface area contributed by atoms with Crippen LogP contribution in [-0.4, -0.2) is 9.13 Å². The largest absolute Gasteiger partial charge is 0.309 e. The zero-order valence-corrected chi connectivity index (χ0v) is 35.0. The van der Waals surface area contributed by atoms with Gasteiger partial charge < -0.3 is 14.0 Å². The number of hydrogen-bond acceptors (Lipinski definition) is 1. The van der Waals surface area contributed by atoms with Crippen LogP contribution in [0.3, 0.4) is 0 Å². The molecule has 10 aromatic carbocycles. The van der Waals surface area contributed by atoms with Gasteiger partial charge in [-0.25, -0.2) is 0 Å². The van der Waals surface area contributed by atoms with Crippen LogP contribution in [0.2, 0.25) is 0 Å². The number of anilines is 3. The molecule has 0 fully saturated rings. The number of para-hydroxylation sites is 5. The third-order valence-electron chi connectivity index (χ3n) is 13.6. The molecule has 0 N–H and O–H groups in total. The highest BCUT2D eigenvalue weighted by Gasteiger charge is 2.45. The topological polar surface area (TPSA) is 13.1 Å². The van der Waals surface area contributed by atoms with Crippen molar-refractivity contribution in [3.8, 4) is 22.5 Å². The van der Waals surface area contributed by atoms with Crippen LogP contribution in [0, 0.1) is 0 Å². The molecule has 0 atom stereocenters. The molecule has 12 aromatic rings. The minimum atomic E-state index is -0.474. The molecule has 0 bridgehead atoms. The summed E-state index contributed by atoms with van der Waals surface area (Å²) in [6.07, 6.45) is 0. The van der Waals surface area contributed by atoms with Crippen molar-refractivity contribution in [2.45, 2.75) is 5.41 Å². The number of aromatic nitrogens is 2. The highest BCUT2D eigenvalue weighted by atomic mass is 15.2. The summed E-state index contributed by atoms with van der Waals surface area (Å²) in [5.74, 6) is 0. The quantitative estimate of drug-likeness (QED) is 0.156. The molecule has 64 heavy (non-hydrogen) atoms. The van der Waals surface area contributed by atoms with Crippen molar-refractivity contribution in [2.75, 3.05) is 4.90 Å². The Morgan fingerprint density at radius 1 is 0.312 bits per heavy atom. The predicted molar refractivity (Wildman–Crippen MR) is 267 cm³/mol. The zero-order valence-electron chi connectivity index (χ0n) is 35.0.